The largest absolute Gasteiger partial charge is 0.389 e. The van der Waals surface area contributed by atoms with Gasteiger partial charge in [0.25, 0.3) is 0 Å². The van der Waals surface area contributed by atoms with Gasteiger partial charge in [0, 0.05) is 38.3 Å². The maximum Gasteiger partial charge on any atom is 0.137 e. The van der Waals surface area contributed by atoms with Crippen LogP contribution < -0.4 is 10.6 Å². The maximum absolute atomic E-state index is 9.84. The van der Waals surface area contributed by atoms with Crippen LogP contribution in [0.2, 0.25) is 0 Å². The monoisotopic (exact) mass is 265 g/mol. The van der Waals surface area contributed by atoms with Crippen molar-refractivity contribution < 1.29 is 5.11 Å². The number of hydrogen-bond acceptors (Lipinski definition) is 6. The lowest BCUT2D eigenvalue weighted by Crippen LogP contribution is -2.50. The molecule has 0 aromatic carbocycles. The Hall–Kier alpha value is -1.40. The lowest BCUT2D eigenvalue weighted by atomic mass is 10.1. The standard InChI is InChI=1S/C13H23N5O/c1-10-11(14)15-9-16-12(10)18-6-4-17(5-7-18)8-13(2,3)19/h9,19H,4-8H2,1-3H3,(H2,14,15,16). The van der Waals surface area contributed by atoms with Gasteiger partial charge in [-0.2, -0.15) is 0 Å². The van der Waals surface area contributed by atoms with E-state index in [1.807, 2.05) is 20.8 Å². The van der Waals surface area contributed by atoms with Crippen LogP contribution in [0.15, 0.2) is 6.33 Å². The number of nitrogens with zero attached hydrogens (tertiary/aromatic N) is 4. The molecule has 3 N–H and O–H groups in total. The summed E-state index contributed by atoms with van der Waals surface area (Å²) in [7, 11) is 0. The van der Waals surface area contributed by atoms with Crippen LogP contribution in [0.1, 0.15) is 19.4 Å². The first-order valence-electron chi connectivity index (χ1n) is 6.63. The molecule has 6 heteroatoms. The molecule has 0 radical (unpaired) electrons. The highest BCUT2D eigenvalue weighted by molar-refractivity contribution is 5.55. The summed E-state index contributed by atoms with van der Waals surface area (Å²) in [6.45, 7) is 9.98. The van der Waals surface area contributed by atoms with E-state index in [9.17, 15) is 5.11 Å². The van der Waals surface area contributed by atoms with E-state index in [4.69, 9.17) is 5.73 Å². The highest BCUT2D eigenvalue weighted by atomic mass is 16.3. The summed E-state index contributed by atoms with van der Waals surface area (Å²) in [5, 5.41) is 9.84. The molecular formula is C13H23N5O. The van der Waals surface area contributed by atoms with Crippen LogP contribution in [0, 0.1) is 6.92 Å². The second-order valence-corrected chi connectivity index (χ2v) is 5.78. The molecule has 0 atom stereocenters. The molecular weight excluding hydrogens is 242 g/mol. The Kier molecular flexibility index (Phi) is 3.91. The fourth-order valence-electron chi connectivity index (χ4n) is 2.44. The molecule has 106 valence electrons. The van der Waals surface area contributed by atoms with E-state index in [1.54, 1.807) is 0 Å². The van der Waals surface area contributed by atoms with Crippen LogP contribution >= 0.6 is 0 Å². The van der Waals surface area contributed by atoms with Gasteiger partial charge < -0.3 is 15.7 Å². The van der Waals surface area contributed by atoms with Crippen molar-refractivity contribution >= 4 is 11.6 Å². The van der Waals surface area contributed by atoms with Crippen molar-refractivity contribution in [3.8, 4) is 0 Å². The molecule has 2 rings (SSSR count). The van der Waals surface area contributed by atoms with Crippen molar-refractivity contribution in [1.29, 1.82) is 0 Å². The minimum atomic E-state index is -0.641. The summed E-state index contributed by atoms with van der Waals surface area (Å²) in [5.74, 6) is 1.47. The molecule has 0 bridgehead atoms. The number of nitrogen functional groups attached to an aromatic ring is 1. The number of hydrogen-bond donors (Lipinski definition) is 2. The van der Waals surface area contributed by atoms with Crippen molar-refractivity contribution in [2.75, 3.05) is 43.4 Å². The first-order valence-corrected chi connectivity index (χ1v) is 6.63. The van der Waals surface area contributed by atoms with Gasteiger partial charge in [-0.25, -0.2) is 9.97 Å². The third kappa shape index (κ3) is 3.54. The Morgan fingerprint density at radius 1 is 1.26 bits per heavy atom. The Bertz CT molecular complexity index is 435. The van der Waals surface area contributed by atoms with Crippen LogP contribution in [0.5, 0.6) is 0 Å². The number of anilines is 2. The Balaban J connectivity index is 1.98. The molecule has 0 aliphatic carbocycles. The van der Waals surface area contributed by atoms with Gasteiger partial charge in [-0.15, -0.1) is 0 Å². The number of β-amino-alcohol motifs (C(OH)–C–C–N with tert-alkyl or cyclic N) is 1. The van der Waals surface area contributed by atoms with Crippen LogP contribution in [-0.4, -0.2) is 58.3 Å². The zero-order valence-electron chi connectivity index (χ0n) is 11.9. The summed E-state index contributed by atoms with van der Waals surface area (Å²) in [6, 6.07) is 0. The SMILES string of the molecule is Cc1c(N)ncnc1N1CCN(CC(C)(C)O)CC1. The van der Waals surface area contributed by atoms with Gasteiger partial charge in [0.1, 0.15) is 18.0 Å². The van der Waals surface area contributed by atoms with Crippen molar-refractivity contribution in [1.82, 2.24) is 14.9 Å². The molecule has 0 saturated carbocycles. The lowest BCUT2D eigenvalue weighted by molar-refractivity contribution is 0.0344. The lowest BCUT2D eigenvalue weighted by Gasteiger charge is -2.38. The Labute approximate surface area is 114 Å². The second-order valence-electron chi connectivity index (χ2n) is 5.78. The molecule has 19 heavy (non-hydrogen) atoms. The van der Waals surface area contributed by atoms with Crippen molar-refractivity contribution in [3.05, 3.63) is 11.9 Å². The van der Waals surface area contributed by atoms with E-state index < -0.39 is 5.60 Å². The molecule has 1 aromatic heterocycles. The zero-order valence-corrected chi connectivity index (χ0v) is 11.9. The predicted octanol–water partition coefficient (Wildman–Crippen LogP) is 0.260. The van der Waals surface area contributed by atoms with E-state index in [0.717, 1.165) is 37.6 Å². The topological polar surface area (TPSA) is 78.5 Å². The van der Waals surface area contributed by atoms with Crippen LogP contribution in [-0.2, 0) is 0 Å². The van der Waals surface area contributed by atoms with Crippen molar-refractivity contribution in [2.24, 2.45) is 0 Å². The van der Waals surface area contributed by atoms with Crippen molar-refractivity contribution in [2.45, 2.75) is 26.4 Å². The highest BCUT2D eigenvalue weighted by Gasteiger charge is 2.24. The molecule has 1 saturated heterocycles. The molecule has 0 spiro atoms. The number of aliphatic hydroxyl groups is 1. The summed E-state index contributed by atoms with van der Waals surface area (Å²) in [4.78, 5) is 12.8. The molecule has 1 aliphatic rings. The highest BCUT2D eigenvalue weighted by Crippen LogP contribution is 2.21. The molecule has 1 fully saturated rings. The molecule has 6 nitrogen and oxygen atoms in total. The average molecular weight is 265 g/mol. The van der Waals surface area contributed by atoms with E-state index in [0.29, 0.717) is 12.4 Å². The molecule has 0 unspecified atom stereocenters. The number of aromatic nitrogens is 2. The van der Waals surface area contributed by atoms with Gasteiger partial charge in [-0.05, 0) is 20.8 Å². The predicted molar refractivity (Wildman–Crippen MR) is 76.1 cm³/mol. The summed E-state index contributed by atoms with van der Waals surface area (Å²) in [6.07, 6.45) is 1.51. The van der Waals surface area contributed by atoms with Crippen LogP contribution in [0.3, 0.4) is 0 Å². The van der Waals surface area contributed by atoms with Crippen molar-refractivity contribution in [3.63, 3.8) is 0 Å². The van der Waals surface area contributed by atoms with Gasteiger partial charge in [-0.3, -0.25) is 4.90 Å². The second kappa shape index (κ2) is 5.30. The number of piperazine rings is 1. The first kappa shape index (κ1) is 14.0. The minimum absolute atomic E-state index is 0.545. The maximum atomic E-state index is 9.84. The third-order valence-electron chi connectivity index (χ3n) is 3.38. The molecule has 0 amide bonds. The molecule has 1 aromatic rings. The van der Waals surface area contributed by atoms with E-state index >= 15 is 0 Å². The zero-order chi connectivity index (χ0) is 14.0. The molecule has 1 aliphatic heterocycles. The van der Waals surface area contributed by atoms with Crippen LogP contribution in [0.25, 0.3) is 0 Å². The van der Waals surface area contributed by atoms with Gasteiger partial charge >= 0.3 is 0 Å². The van der Waals surface area contributed by atoms with E-state index in [-0.39, 0.29) is 0 Å². The minimum Gasteiger partial charge on any atom is -0.389 e. The fraction of sp³-hybridized carbons (Fsp3) is 0.692. The van der Waals surface area contributed by atoms with E-state index in [1.165, 1.54) is 6.33 Å². The smallest absolute Gasteiger partial charge is 0.137 e. The summed E-state index contributed by atoms with van der Waals surface area (Å²) < 4.78 is 0. The van der Waals surface area contributed by atoms with Gasteiger partial charge in [0.2, 0.25) is 0 Å². The Morgan fingerprint density at radius 2 is 1.89 bits per heavy atom. The first-order chi connectivity index (χ1) is 8.87. The average Bonchev–Trinajstić information content (AvgIpc) is 2.32. The van der Waals surface area contributed by atoms with Gasteiger partial charge in [-0.1, -0.05) is 0 Å². The van der Waals surface area contributed by atoms with Crippen LogP contribution in [0.4, 0.5) is 11.6 Å². The fourth-order valence-corrected chi connectivity index (χ4v) is 2.44. The normalized spacial score (nSPS) is 17.8. The van der Waals surface area contributed by atoms with Gasteiger partial charge in [0.15, 0.2) is 0 Å². The summed E-state index contributed by atoms with van der Waals surface area (Å²) >= 11 is 0. The number of nitrogens with two attached hydrogens (primary N) is 1. The molecule has 2 heterocycles. The Morgan fingerprint density at radius 3 is 2.47 bits per heavy atom. The quantitative estimate of drug-likeness (QED) is 0.816. The number of rotatable bonds is 3. The van der Waals surface area contributed by atoms with E-state index in [2.05, 4.69) is 19.8 Å². The summed E-state index contributed by atoms with van der Waals surface area (Å²) in [5.41, 5.74) is 6.12. The third-order valence-corrected chi connectivity index (χ3v) is 3.38. The van der Waals surface area contributed by atoms with Gasteiger partial charge in [0.05, 0.1) is 5.60 Å².